The van der Waals surface area contributed by atoms with Crippen LogP contribution in [0, 0.1) is 0 Å². The van der Waals surface area contributed by atoms with E-state index in [1.807, 2.05) is 42.1 Å². The lowest BCUT2D eigenvalue weighted by Gasteiger charge is -2.00. The van der Waals surface area contributed by atoms with Gasteiger partial charge < -0.3 is 9.67 Å². The van der Waals surface area contributed by atoms with Gasteiger partial charge in [0.05, 0.1) is 11.3 Å². The van der Waals surface area contributed by atoms with Crippen LogP contribution in [0.2, 0.25) is 0 Å². The Kier molecular flexibility index (Phi) is 2.56. The summed E-state index contributed by atoms with van der Waals surface area (Å²) in [6.45, 7) is 0. The van der Waals surface area contributed by atoms with Crippen LogP contribution in [0.3, 0.4) is 0 Å². The molecule has 2 aromatic heterocycles. The number of carboxylic acid groups (broad SMARTS) is 1. The van der Waals surface area contributed by atoms with Crippen molar-refractivity contribution in [3.8, 4) is 11.3 Å². The molecule has 0 unspecified atom stereocenters. The Labute approximate surface area is 109 Å². The molecular weight excluding hydrogens is 240 g/mol. The molecule has 1 aromatic carbocycles. The van der Waals surface area contributed by atoms with E-state index in [9.17, 15) is 4.79 Å². The number of para-hydroxylation sites is 1. The standard InChI is InChI=1S/C15H12N2O2/c1-17-9-12(11-4-2-3-5-14(11)17)13-8-10(15(18)19)6-7-16-13/h2-9H,1H3,(H,18,19). The monoisotopic (exact) mass is 252 g/mol. The Morgan fingerprint density at radius 2 is 2.05 bits per heavy atom. The highest BCUT2D eigenvalue weighted by molar-refractivity contribution is 5.96. The third-order valence-electron chi connectivity index (χ3n) is 3.18. The molecule has 3 aromatic rings. The summed E-state index contributed by atoms with van der Waals surface area (Å²) in [4.78, 5) is 15.3. The maximum Gasteiger partial charge on any atom is 0.335 e. The second-order valence-electron chi connectivity index (χ2n) is 4.41. The van der Waals surface area contributed by atoms with Gasteiger partial charge in [0.1, 0.15) is 0 Å². The Balaban J connectivity index is 2.25. The molecule has 1 N–H and O–H groups in total. The SMILES string of the molecule is Cn1cc(-c2cc(C(=O)O)ccn2)c2ccccc21. The third-order valence-corrected chi connectivity index (χ3v) is 3.18. The minimum Gasteiger partial charge on any atom is -0.478 e. The summed E-state index contributed by atoms with van der Waals surface area (Å²) in [6.07, 6.45) is 3.50. The first-order valence-electron chi connectivity index (χ1n) is 5.90. The molecule has 0 aliphatic heterocycles. The van der Waals surface area contributed by atoms with Gasteiger partial charge in [0, 0.05) is 35.9 Å². The highest BCUT2D eigenvalue weighted by Gasteiger charge is 2.11. The lowest BCUT2D eigenvalue weighted by molar-refractivity contribution is 0.0697. The number of aryl methyl sites for hydroxylation is 1. The smallest absolute Gasteiger partial charge is 0.335 e. The Morgan fingerprint density at radius 1 is 1.26 bits per heavy atom. The molecule has 0 fully saturated rings. The molecule has 0 bridgehead atoms. The van der Waals surface area contributed by atoms with E-state index in [0.29, 0.717) is 5.69 Å². The number of benzene rings is 1. The molecule has 0 saturated heterocycles. The molecular formula is C15H12N2O2. The third kappa shape index (κ3) is 1.87. The van der Waals surface area contributed by atoms with E-state index in [2.05, 4.69) is 4.98 Å². The van der Waals surface area contributed by atoms with Crippen molar-refractivity contribution in [3.05, 3.63) is 54.4 Å². The van der Waals surface area contributed by atoms with Crippen LogP contribution in [0.4, 0.5) is 0 Å². The van der Waals surface area contributed by atoms with E-state index >= 15 is 0 Å². The fraction of sp³-hybridized carbons (Fsp3) is 0.0667. The molecule has 19 heavy (non-hydrogen) atoms. The Bertz CT molecular complexity index is 775. The summed E-state index contributed by atoms with van der Waals surface area (Å²) >= 11 is 0. The summed E-state index contributed by atoms with van der Waals surface area (Å²) in [6, 6.07) is 11.1. The van der Waals surface area contributed by atoms with Gasteiger partial charge in [0.15, 0.2) is 0 Å². The number of hydrogen-bond donors (Lipinski definition) is 1. The van der Waals surface area contributed by atoms with Crippen LogP contribution < -0.4 is 0 Å². The van der Waals surface area contributed by atoms with Crippen LogP contribution in [-0.2, 0) is 7.05 Å². The quantitative estimate of drug-likeness (QED) is 0.763. The first-order valence-corrected chi connectivity index (χ1v) is 5.90. The van der Waals surface area contributed by atoms with Crippen LogP contribution in [0.5, 0.6) is 0 Å². The Hall–Kier alpha value is -2.62. The minimum atomic E-state index is -0.941. The fourth-order valence-corrected chi connectivity index (χ4v) is 2.26. The number of nitrogens with zero attached hydrogens (tertiary/aromatic N) is 2. The second-order valence-corrected chi connectivity index (χ2v) is 4.41. The second kappa shape index (κ2) is 4.24. The summed E-state index contributed by atoms with van der Waals surface area (Å²) in [5, 5.41) is 10.1. The molecule has 0 aliphatic carbocycles. The van der Waals surface area contributed by atoms with Gasteiger partial charge >= 0.3 is 5.97 Å². The number of fused-ring (bicyclic) bond motifs is 1. The van der Waals surface area contributed by atoms with Crippen LogP contribution in [0.15, 0.2) is 48.8 Å². The average molecular weight is 252 g/mol. The van der Waals surface area contributed by atoms with Gasteiger partial charge in [-0.05, 0) is 18.2 Å². The maximum atomic E-state index is 11.0. The van der Waals surface area contributed by atoms with Crippen LogP contribution in [-0.4, -0.2) is 20.6 Å². The topological polar surface area (TPSA) is 55.1 Å². The van der Waals surface area contributed by atoms with E-state index < -0.39 is 5.97 Å². The molecule has 4 heteroatoms. The molecule has 0 radical (unpaired) electrons. The molecule has 0 spiro atoms. The van der Waals surface area contributed by atoms with Crippen molar-refractivity contribution in [2.45, 2.75) is 0 Å². The lowest BCUT2D eigenvalue weighted by atomic mass is 10.1. The lowest BCUT2D eigenvalue weighted by Crippen LogP contribution is -1.97. The summed E-state index contributed by atoms with van der Waals surface area (Å²) in [7, 11) is 1.97. The molecule has 3 rings (SSSR count). The van der Waals surface area contributed by atoms with Gasteiger partial charge in [-0.1, -0.05) is 18.2 Å². The number of pyridine rings is 1. The zero-order valence-electron chi connectivity index (χ0n) is 10.4. The molecule has 0 saturated carbocycles. The fourth-order valence-electron chi connectivity index (χ4n) is 2.26. The summed E-state index contributed by atoms with van der Waals surface area (Å²) in [5.41, 5.74) is 2.97. The largest absolute Gasteiger partial charge is 0.478 e. The van der Waals surface area contributed by atoms with Crippen molar-refractivity contribution < 1.29 is 9.90 Å². The van der Waals surface area contributed by atoms with Gasteiger partial charge in [0.2, 0.25) is 0 Å². The average Bonchev–Trinajstić information content (AvgIpc) is 2.77. The van der Waals surface area contributed by atoms with Crippen molar-refractivity contribution in [1.29, 1.82) is 0 Å². The van der Waals surface area contributed by atoms with Crippen molar-refractivity contribution in [2.24, 2.45) is 7.05 Å². The van der Waals surface area contributed by atoms with Gasteiger partial charge in [-0.25, -0.2) is 4.79 Å². The van der Waals surface area contributed by atoms with Crippen molar-refractivity contribution >= 4 is 16.9 Å². The first kappa shape index (κ1) is 11.5. The van der Waals surface area contributed by atoms with E-state index in [-0.39, 0.29) is 5.56 Å². The van der Waals surface area contributed by atoms with Crippen molar-refractivity contribution in [2.75, 3.05) is 0 Å². The molecule has 0 amide bonds. The summed E-state index contributed by atoms with van der Waals surface area (Å²) in [5.74, 6) is -0.941. The summed E-state index contributed by atoms with van der Waals surface area (Å²) < 4.78 is 2.01. The number of aromatic carboxylic acids is 1. The highest BCUT2D eigenvalue weighted by atomic mass is 16.4. The normalized spacial score (nSPS) is 10.8. The number of carboxylic acids is 1. The van der Waals surface area contributed by atoms with Gasteiger partial charge in [0.25, 0.3) is 0 Å². The maximum absolute atomic E-state index is 11.0. The number of carbonyl (C=O) groups is 1. The van der Waals surface area contributed by atoms with Gasteiger partial charge in [-0.15, -0.1) is 0 Å². The molecule has 4 nitrogen and oxygen atoms in total. The van der Waals surface area contributed by atoms with E-state index in [1.54, 1.807) is 6.07 Å². The van der Waals surface area contributed by atoms with E-state index in [0.717, 1.165) is 16.5 Å². The van der Waals surface area contributed by atoms with E-state index in [1.165, 1.54) is 12.3 Å². The molecule has 0 atom stereocenters. The van der Waals surface area contributed by atoms with Crippen LogP contribution in [0.25, 0.3) is 22.2 Å². The van der Waals surface area contributed by atoms with Crippen LogP contribution >= 0.6 is 0 Å². The number of hydrogen-bond acceptors (Lipinski definition) is 2. The zero-order valence-corrected chi connectivity index (χ0v) is 10.4. The van der Waals surface area contributed by atoms with Crippen LogP contribution in [0.1, 0.15) is 10.4 Å². The Morgan fingerprint density at radius 3 is 2.84 bits per heavy atom. The van der Waals surface area contributed by atoms with E-state index in [4.69, 9.17) is 5.11 Å². The number of aromatic nitrogens is 2. The molecule has 94 valence electrons. The number of rotatable bonds is 2. The van der Waals surface area contributed by atoms with Gasteiger partial charge in [-0.2, -0.15) is 0 Å². The predicted molar refractivity (Wildman–Crippen MR) is 73.1 cm³/mol. The van der Waals surface area contributed by atoms with Crippen molar-refractivity contribution in [3.63, 3.8) is 0 Å². The molecule has 0 aliphatic rings. The molecule has 2 heterocycles. The minimum absolute atomic E-state index is 0.248. The van der Waals surface area contributed by atoms with Gasteiger partial charge in [-0.3, -0.25) is 4.98 Å². The predicted octanol–water partition coefficient (Wildman–Crippen LogP) is 2.94. The first-order chi connectivity index (χ1) is 9.16. The van der Waals surface area contributed by atoms with Crippen molar-refractivity contribution in [1.82, 2.24) is 9.55 Å². The highest BCUT2D eigenvalue weighted by Crippen LogP contribution is 2.28. The zero-order chi connectivity index (χ0) is 13.4.